The summed E-state index contributed by atoms with van der Waals surface area (Å²) in [6, 6.07) is 6.53. The van der Waals surface area contributed by atoms with Gasteiger partial charge in [0, 0.05) is 19.1 Å². The Balaban J connectivity index is 1.47. The van der Waals surface area contributed by atoms with Gasteiger partial charge in [0.05, 0.1) is 17.7 Å². The molecule has 0 saturated carbocycles. The van der Waals surface area contributed by atoms with Gasteiger partial charge in [0.1, 0.15) is 6.54 Å². The van der Waals surface area contributed by atoms with Crippen molar-refractivity contribution in [3.8, 4) is 0 Å². The summed E-state index contributed by atoms with van der Waals surface area (Å²) < 4.78 is 5.09. The minimum Gasteiger partial charge on any atom is -0.450 e. The number of nitrogens with zero attached hydrogens (tertiary/aromatic N) is 2. The van der Waals surface area contributed by atoms with Crippen molar-refractivity contribution in [3.05, 3.63) is 35.4 Å². The van der Waals surface area contributed by atoms with Gasteiger partial charge in [-0.15, -0.1) is 0 Å². The topological polar surface area (TPSA) is 96.0 Å². The van der Waals surface area contributed by atoms with Gasteiger partial charge >= 0.3 is 6.09 Å². The number of fused-ring (bicyclic) bond motifs is 1. The van der Waals surface area contributed by atoms with Crippen LogP contribution in [0.4, 0.5) is 4.79 Å². The summed E-state index contributed by atoms with van der Waals surface area (Å²) in [5.74, 6) is -1.13. The Morgan fingerprint density at radius 1 is 1.11 bits per heavy atom. The molecule has 1 fully saturated rings. The molecule has 1 aromatic carbocycles. The first-order valence-electron chi connectivity index (χ1n) is 9.67. The van der Waals surface area contributed by atoms with E-state index in [0.717, 1.165) is 17.7 Å². The predicted molar refractivity (Wildman–Crippen MR) is 101 cm³/mol. The highest BCUT2D eigenvalue weighted by molar-refractivity contribution is 6.22. The molecule has 8 heteroatoms. The van der Waals surface area contributed by atoms with E-state index in [4.69, 9.17) is 4.74 Å². The molecule has 0 aliphatic carbocycles. The highest BCUT2D eigenvalue weighted by Crippen LogP contribution is 2.22. The quantitative estimate of drug-likeness (QED) is 0.593. The molecule has 0 spiro atoms. The number of piperidine rings is 1. The molecule has 2 aliphatic heterocycles. The molecule has 2 heterocycles. The molecule has 1 saturated heterocycles. The molecule has 150 valence electrons. The summed E-state index contributed by atoms with van der Waals surface area (Å²) in [7, 11) is 0. The Labute approximate surface area is 163 Å². The molecule has 8 nitrogen and oxygen atoms in total. The monoisotopic (exact) mass is 387 g/mol. The fraction of sp³-hybridized carbons (Fsp3) is 0.500. The van der Waals surface area contributed by atoms with Crippen LogP contribution in [-0.2, 0) is 9.53 Å². The summed E-state index contributed by atoms with van der Waals surface area (Å²) in [4.78, 5) is 51.7. The molecule has 0 unspecified atom stereocenters. The second-order valence-electron chi connectivity index (χ2n) is 7.03. The van der Waals surface area contributed by atoms with Crippen LogP contribution in [0.1, 0.15) is 53.3 Å². The lowest BCUT2D eigenvalue weighted by atomic mass is 10.1. The number of benzene rings is 1. The number of nitrogens with one attached hydrogen (secondary N) is 1. The molecule has 4 amide bonds. The van der Waals surface area contributed by atoms with Crippen LogP contribution in [0.2, 0.25) is 0 Å². The van der Waals surface area contributed by atoms with E-state index in [9.17, 15) is 19.2 Å². The standard InChI is InChI=1S/C20H25N3O5/c1-2-3-12-28-20(27)21-14-8-10-22(11-9-14)17(24)13-23-18(25)15-6-4-5-7-16(15)19(23)26/h4-7,14H,2-3,8-13H2,1H3,(H,21,27). The van der Waals surface area contributed by atoms with E-state index in [1.54, 1.807) is 29.2 Å². The number of carbonyl (C=O) groups excluding carboxylic acids is 4. The second kappa shape index (κ2) is 8.86. The summed E-state index contributed by atoms with van der Waals surface area (Å²) in [5, 5.41) is 2.82. The van der Waals surface area contributed by atoms with Gasteiger partial charge < -0.3 is 15.0 Å². The summed E-state index contributed by atoms with van der Waals surface area (Å²) in [6.45, 7) is 3.09. The zero-order valence-electron chi connectivity index (χ0n) is 16.0. The number of ether oxygens (including phenoxy) is 1. The number of likely N-dealkylation sites (tertiary alicyclic amines) is 1. The molecule has 1 N–H and O–H groups in total. The third-order valence-electron chi connectivity index (χ3n) is 5.07. The first kappa shape index (κ1) is 19.9. The Morgan fingerprint density at radius 3 is 2.29 bits per heavy atom. The summed E-state index contributed by atoms with van der Waals surface area (Å²) in [6.07, 6.45) is 2.58. The number of alkyl carbamates (subject to hydrolysis) is 1. The summed E-state index contributed by atoms with van der Waals surface area (Å²) in [5.41, 5.74) is 0.676. The van der Waals surface area contributed by atoms with E-state index >= 15 is 0 Å². The van der Waals surface area contributed by atoms with Gasteiger partial charge in [0.25, 0.3) is 11.8 Å². The Morgan fingerprint density at radius 2 is 1.71 bits per heavy atom. The molecule has 2 aliphatic rings. The highest BCUT2D eigenvalue weighted by Gasteiger charge is 2.37. The average Bonchev–Trinajstić information content (AvgIpc) is 2.94. The van der Waals surface area contributed by atoms with Gasteiger partial charge in [-0.3, -0.25) is 19.3 Å². The molecule has 0 bridgehead atoms. The summed E-state index contributed by atoms with van der Waals surface area (Å²) >= 11 is 0. The number of carbonyl (C=O) groups is 4. The fourth-order valence-corrected chi connectivity index (χ4v) is 3.41. The Bertz CT molecular complexity index is 736. The third kappa shape index (κ3) is 4.32. The van der Waals surface area contributed by atoms with E-state index in [1.165, 1.54) is 0 Å². The number of imide groups is 1. The maximum atomic E-state index is 12.6. The van der Waals surface area contributed by atoms with Crippen LogP contribution in [0.15, 0.2) is 24.3 Å². The zero-order valence-corrected chi connectivity index (χ0v) is 16.0. The lowest BCUT2D eigenvalue weighted by Crippen LogP contribution is -2.49. The van der Waals surface area contributed by atoms with Crippen LogP contribution in [0.3, 0.4) is 0 Å². The van der Waals surface area contributed by atoms with Crippen LogP contribution < -0.4 is 5.32 Å². The molecule has 28 heavy (non-hydrogen) atoms. The lowest BCUT2D eigenvalue weighted by molar-refractivity contribution is -0.132. The van der Waals surface area contributed by atoms with Crippen molar-refractivity contribution in [2.24, 2.45) is 0 Å². The molecule has 0 radical (unpaired) electrons. The van der Waals surface area contributed by atoms with Crippen LogP contribution in [-0.4, -0.2) is 65.9 Å². The van der Waals surface area contributed by atoms with Crippen molar-refractivity contribution in [2.45, 2.75) is 38.6 Å². The van der Waals surface area contributed by atoms with Gasteiger partial charge in [0.15, 0.2) is 0 Å². The van der Waals surface area contributed by atoms with Crippen LogP contribution in [0, 0.1) is 0 Å². The molecule has 0 aromatic heterocycles. The van der Waals surface area contributed by atoms with Crippen molar-refractivity contribution in [1.29, 1.82) is 0 Å². The number of unbranched alkanes of at least 4 members (excludes halogenated alkanes) is 1. The van der Waals surface area contributed by atoms with Gasteiger partial charge in [-0.05, 0) is 31.4 Å². The number of hydrogen-bond acceptors (Lipinski definition) is 5. The van der Waals surface area contributed by atoms with Crippen molar-refractivity contribution < 1.29 is 23.9 Å². The molecule has 0 atom stereocenters. The Hall–Kier alpha value is -2.90. The van der Waals surface area contributed by atoms with E-state index in [1.807, 2.05) is 6.92 Å². The third-order valence-corrected chi connectivity index (χ3v) is 5.07. The van der Waals surface area contributed by atoms with Crippen molar-refractivity contribution in [1.82, 2.24) is 15.1 Å². The smallest absolute Gasteiger partial charge is 0.407 e. The van der Waals surface area contributed by atoms with Gasteiger partial charge in [-0.2, -0.15) is 0 Å². The predicted octanol–water partition coefficient (Wildman–Crippen LogP) is 1.80. The van der Waals surface area contributed by atoms with Crippen molar-refractivity contribution in [3.63, 3.8) is 0 Å². The van der Waals surface area contributed by atoms with E-state index in [2.05, 4.69) is 5.32 Å². The van der Waals surface area contributed by atoms with E-state index < -0.39 is 17.9 Å². The van der Waals surface area contributed by atoms with E-state index in [-0.39, 0.29) is 18.5 Å². The average molecular weight is 387 g/mol. The number of rotatable bonds is 6. The maximum Gasteiger partial charge on any atom is 0.407 e. The molecular formula is C20H25N3O5. The molecule has 3 rings (SSSR count). The molecular weight excluding hydrogens is 362 g/mol. The normalized spacial score (nSPS) is 16.9. The minimum absolute atomic E-state index is 0.0440. The number of hydrogen-bond donors (Lipinski definition) is 1. The van der Waals surface area contributed by atoms with Crippen LogP contribution >= 0.6 is 0 Å². The Kier molecular flexibility index (Phi) is 6.28. The first-order chi connectivity index (χ1) is 13.5. The van der Waals surface area contributed by atoms with Crippen molar-refractivity contribution >= 4 is 23.8 Å². The lowest BCUT2D eigenvalue weighted by Gasteiger charge is -2.33. The highest BCUT2D eigenvalue weighted by atomic mass is 16.5. The van der Waals surface area contributed by atoms with Gasteiger partial charge in [-0.1, -0.05) is 25.5 Å². The minimum atomic E-state index is -0.430. The second-order valence-corrected chi connectivity index (χ2v) is 7.03. The molecule has 1 aromatic rings. The van der Waals surface area contributed by atoms with E-state index in [0.29, 0.717) is 43.7 Å². The first-order valence-corrected chi connectivity index (χ1v) is 9.67. The van der Waals surface area contributed by atoms with Crippen molar-refractivity contribution in [2.75, 3.05) is 26.2 Å². The fourth-order valence-electron chi connectivity index (χ4n) is 3.41. The number of amides is 4. The van der Waals surface area contributed by atoms with Gasteiger partial charge in [-0.25, -0.2) is 4.79 Å². The van der Waals surface area contributed by atoms with Crippen LogP contribution in [0.5, 0.6) is 0 Å². The largest absolute Gasteiger partial charge is 0.450 e. The zero-order chi connectivity index (χ0) is 20.1. The van der Waals surface area contributed by atoms with Gasteiger partial charge in [0.2, 0.25) is 5.91 Å². The SMILES string of the molecule is CCCCOC(=O)NC1CCN(C(=O)CN2C(=O)c3ccccc3C2=O)CC1. The van der Waals surface area contributed by atoms with Crippen LogP contribution in [0.25, 0.3) is 0 Å². The maximum absolute atomic E-state index is 12.6.